The van der Waals surface area contributed by atoms with Gasteiger partial charge in [0.1, 0.15) is 11.3 Å². The molecule has 0 saturated carbocycles. The number of nitrogens with zero attached hydrogens (tertiary/aromatic N) is 2. The van der Waals surface area contributed by atoms with Gasteiger partial charge in [-0.25, -0.2) is 9.63 Å². The van der Waals surface area contributed by atoms with E-state index < -0.39 is 27.5 Å². The zero-order chi connectivity index (χ0) is 29.0. The van der Waals surface area contributed by atoms with Gasteiger partial charge in [-0.1, -0.05) is 66.6 Å². The van der Waals surface area contributed by atoms with E-state index >= 15 is 0 Å². The van der Waals surface area contributed by atoms with Crippen molar-refractivity contribution in [3.8, 4) is 5.75 Å². The van der Waals surface area contributed by atoms with Crippen molar-refractivity contribution in [2.45, 2.75) is 43.9 Å². The zero-order valence-electron chi connectivity index (χ0n) is 23.3. The second-order valence-corrected chi connectivity index (χ2v) is 12.3. The molecule has 41 heavy (non-hydrogen) atoms. The van der Waals surface area contributed by atoms with E-state index in [1.165, 1.54) is 0 Å². The molecule has 9 heteroatoms. The topological polar surface area (TPSA) is 112 Å². The summed E-state index contributed by atoms with van der Waals surface area (Å²) < 4.78 is 31.9. The average Bonchev–Trinajstić information content (AvgIpc) is 2.98. The Kier molecular flexibility index (Phi) is 8.56. The molecule has 0 radical (unpaired) electrons. The lowest BCUT2D eigenvalue weighted by Gasteiger charge is -2.34. The van der Waals surface area contributed by atoms with Crippen molar-refractivity contribution in [1.82, 2.24) is 9.73 Å². The number of likely N-dealkylation sites (tertiary alicyclic amines) is 1. The number of hydrazone groups is 1. The molecule has 0 bridgehead atoms. The van der Waals surface area contributed by atoms with Gasteiger partial charge in [-0.05, 0) is 69.6 Å². The Morgan fingerprint density at radius 3 is 2.34 bits per heavy atom. The number of nitrogens with one attached hydrogen (secondary N) is 1. The maximum Gasteiger partial charge on any atom is 0.343 e. The second-order valence-electron chi connectivity index (χ2n) is 10.7. The molecule has 0 aliphatic carbocycles. The van der Waals surface area contributed by atoms with Crippen molar-refractivity contribution in [3.05, 3.63) is 106 Å². The van der Waals surface area contributed by atoms with E-state index in [2.05, 4.69) is 14.8 Å². The molecule has 0 amide bonds. The molecule has 5 rings (SSSR count). The molecule has 1 fully saturated rings. The number of fused-ring (bicyclic) bond motifs is 1. The van der Waals surface area contributed by atoms with E-state index in [9.17, 15) is 18.3 Å². The van der Waals surface area contributed by atoms with Crippen LogP contribution in [0, 0.1) is 12.8 Å². The van der Waals surface area contributed by atoms with Crippen LogP contribution < -0.4 is 10.5 Å². The van der Waals surface area contributed by atoms with Crippen LogP contribution in [0.3, 0.4) is 0 Å². The van der Waals surface area contributed by atoms with E-state index in [1.807, 2.05) is 37.3 Å². The normalized spacial score (nSPS) is 16.4. The largest absolute Gasteiger partial charge is 0.507 e. The number of para-hydroxylation sites is 1. The van der Waals surface area contributed by atoms with Crippen molar-refractivity contribution in [2.75, 3.05) is 19.6 Å². The lowest BCUT2D eigenvalue weighted by atomic mass is 9.78. The van der Waals surface area contributed by atoms with Gasteiger partial charge in [0.2, 0.25) is 0 Å². The highest BCUT2D eigenvalue weighted by molar-refractivity contribution is 7.89. The third kappa shape index (κ3) is 6.36. The third-order valence-corrected chi connectivity index (χ3v) is 9.03. The first-order valence-corrected chi connectivity index (χ1v) is 15.4. The summed E-state index contributed by atoms with van der Waals surface area (Å²) >= 11 is 0. The van der Waals surface area contributed by atoms with E-state index in [0.717, 1.165) is 43.5 Å². The van der Waals surface area contributed by atoms with Gasteiger partial charge < -0.3 is 14.4 Å². The van der Waals surface area contributed by atoms with Crippen molar-refractivity contribution in [1.29, 1.82) is 0 Å². The monoisotopic (exact) mass is 573 g/mol. The maximum atomic E-state index is 13.5. The van der Waals surface area contributed by atoms with E-state index in [0.29, 0.717) is 23.2 Å². The van der Waals surface area contributed by atoms with Crippen LogP contribution in [0.15, 0.2) is 98.1 Å². The minimum atomic E-state index is -3.92. The van der Waals surface area contributed by atoms with Crippen LogP contribution in [-0.2, 0) is 10.0 Å². The van der Waals surface area contributed by atoms with Crippen molar-refractivity contribution >= 4 is 26.7 Å². The number of benzene rings is 3. The first-order chi connectivity index (χ1) is 19.7. The van der Waals surface area contributed by atoms with Gasteiger partial charge in [-0.3, -0.25) is 0 Å². The maximum absolute atomic E-state index is 13.5. The molecule has 1 saturated heterocycles. The molecular weight excluding hydrogens is 538 g/mol. The highest BCUT2D eigenvalue weighted by Gasteiger charge is 2.35. The quantitative estimate of drug-likeness (QED) is 0.158. The molecular formula is C32H35N3O5S. The number of sulfonamides is 1. The van der Waals surface area contributed by atoms with E-state index in [4.69, 9.17) is 4.42 Å². The number of aryl methyl sites for hydroxylation is 1. The summed E-state index contributed by atoms with van der Waals surface area (Å²) in [5.41, 5.74) is 2.04. The van der Waals surface area contributed by atoms with Crippen LogP contribution in [-0.4, -0.2) is 43.8 Å². The second kappa shape index (κ2) is 12.3. The fourth-order valence-corrected chi connectivity index (χ4v) is 6.43. The van der Waals surface area contributed by atoms with Gasteiger partial charge in [0.25, 0.3) is 10.0 Å². The molecule has 8 nitrogen and oxygen atoms in total. The smallest absolute Gasteiger partial charge is 0.343 e. The lowest BCUT2D eigenvalue weighted by Crippen LogP contribution is -2.40. The first kappa shape index (κ1) is 28.6. The fourth-order valence-electron chi connectivity index (χ4n) is 5.57. The summed E-state index contributed by atoms with van der Waals surface area (Å²) in [6.45, 7) is 5.95. The van der Waals surface area contributed by atoms with Crippen LogP contribution in [0.1, 0.15) is 48.8 Å². The van der Waals surface area contributed by atoms with Gasteiger partial charge in [-0.15, -0.1) is 0 Å². The highest BCUT2D eigenvalue weighted by atomic mass is 32.2. The zero-order valence-corrected chi connectivity index (χ0v) is 24.1. The summed E-state index contributed by atoms with van der Waals surface area (Å²) in [5.74, 6) is -1.24. The first-order valence-electron chi connectivity index (χ1n) is 13.9. The van der Waals surface area contributed by atoms with Gasteiger partial charge in [0.05, 0.1) is 15.8 Å². The molecule has 4 aromatic rings. The van der Waals surface area contributed by atoms with E-state index in [1.54, 1.807) is 55.5 Å². The molecule has 2 atom stereocenters. The molecule has 2 heterocycles. The van der Waals surface area contributed by atoms with Crippen LogP contribution in [0.4, 0.5) is 0 Å². The van der Waals surface area contributed by atoms with Gasteiger partial charge >= 0.3 is 5.63 Å². The highest BCUT2D eigenvalue weighted by Crippen LogP contribution is 2.39. The van der Waals surface area contributed by atoms with Gasteiger partial charge in [0.15, 0.2) is 0 Å². The Morgan fingerprint density at radius 1 is 0.976 bits per heavy atom. The standard InChI is InChI=1S/C32H35N3O5S/c1-22-15-17-25(18-16-22)41(38,39)34-33-23(2)27(21-35-19-9-4-10-20-35)29(24-11-5-3-6-12-24)30-31(36)26-13-7-8-14-28(26)40-32(30)37/h3,5-8,11-18,27,29,34,36H,4,9-10,19-21H2,1-2H3/b33-23+/t27-,29+/m0/s1. The average molecular weight is 574 g/mol. The van der Waals surface area contributed by atoms with Crippen LogP contribution in [0.5, 0.6) is 5.75 Å². The molecule has 3 aromatic carbocycles. The molecule has 0 spiro atoms. The number of hydrogen-bond acceptors (Lipinski definition) is 7. The Balaban J connectivity index is 1.63. The van der Waals surface area contributed by atoms with Crippen LogP contribution in [0.25, 0.3) is 11.0 Å². The van der Waals surface area contributed by atoms with Gasteiger partial charge in [-0.2, -0.15) is 13.5 Å². The van der Waals surface area contributed by atoms with Crippen LogP contribution >= 0.6 is 0 Å². The number of hydrogen-bond donors (Lipinski definition) is 2. The Labute approximate surface area is 240 Å². The summed E-state index contributed by atoms with van der Waals surface area (Å²) in [4.78, 5) is 18.4. The molecule has 2 N–H and O–H groups in total. The summed E-state index contributed by atoms with van der Waals surface area (Å²) in [7, 11) is -3.92. The summed E-state index contributed by atoms with van der Waals surface area (Å²) in [6, 6.07) is 22.9. The predicted octanol–water partition coefficient (Wildman–Crippen LogP) is 5.40. The molecule has 214 valence electrons. The molecule has 1 aromatic heterocycles. The van der Waals surface area contributed by atoms with Crippen molar-refractivity contribution in [3.63, 3.8) is 0 Å². The minimum absolute atomic E-state index is 0.111. The summed E-state index contributed by atoms with van der Waals surface area (Å²) in [5, 5.41) is 16.3. The Hall–Kier alpha value is -3.95. The third-order valence-electron chi connectivity index (χ3n) is 7.81. The Bertz CT molecular complexity index is 1690. The summed E-state index contributed by atoms with van der Waals surface area (Å²) in [6.07, 6.45) is 3.27. The number of aromatic hydroxyl groups is 1. The van der Waals surface area contributed by atoms with Gasteiger partial charge in [0, 0.05) is 24.1 Å². The van der Waals surface area contributed by atoms with E-state index in [-0.39, 0.29) is 16.2 Å². The van der Waals surface area contributed by atoms with Crippen molar-refractivity contribution in [2.24, 2.45) is 11.0 Å². The number of rotatable bonds is 9. The predicted molar refractivity (Wildman–Crippen MR) is 161 cm³/mol. The molecule has 1 aliphatic rings. The lowest BCUT2D eigenvalue weighted by molar-refractivity contribution is 0.207. The van der Waals surface area contributed by atoms with Crippen molar-refractivity contribution < 1.29 is 17.9 Å². The molecule has 1 aliphatic heterocycles. The Morgan fingerprint density at radius 2 is 1.63 bits per heavy atom. The fraction of sp³-hybridized carbons (Fsp3) is 0.312. The molecule has 0 unspecified atom stereocenters. The minimum Gasteiger partial charge on any atom is -0.507 e. The SMILES string of the molecule is C/C(=N\NS(=O)(=O)c1ccc(C)cc1)[C@H](CN1CCCCC1)[C@@H](c1ccccc1)c1c(O)c2ccccc2oc1=O. The number of piperidine rings is 1. The van der Waals surface area contributed by atoms with Crippen LogP contribution in [0.2, 0.25) is 0 Å².